The van der Waals surface area contributed by atoms with Gasteiger partial charge in [0.05, 0.1) is 12.0 Å². The third-order valence-corrected chi connectivity index (χ3v) is 3.92. The molecule has 0 saturated heterocycles. The molecule has 1 amide bonds. The zero-order valence-corrected chi connectivity index (χ0v) is 13.2. The van der Waals surface area contributed by atoms with Crippen molar-refractivity contribution in [2.75, 3.05) is 0 Å². The normalized spacial score (nSPS) is 12.7. The van der Waals surface area contributed by atoms with Gasteiger partial charge in [-0.25, -0.2) is 4.98 Å². The lowest BCUT2D eigenvalue weighted by atomic mass is 10.1. The molecule has 1 atom stereocenters. The van der Waals surface area contributed by atoms with Gasteiger partial charge in [-0.3, -0.25) is 9.59 Å². The predicted molar refractivity (Wildman–Crippen MR) is 81.7 cm³/mol. The highest BCUT2D eigenvalue weighted by Gasteiger charge is 2.30. The van der Waals surface area contributed by atoms with E-state index in [4.69, 9.17) is 5.11 Å². The molecular formula is C15H13F3N2O3S. The monoisotopic (exact) mass is 358 g/mol. The van der Waals surface area contributed by atoms with Crippen LogP contribution in [-0.4, -0.2) is 28.0 Å². The second-order valence-corrected chi connectivity index (χ2v) is 5.95. The maximum absolute atomic E-state index is 12.7. The van der Waals surface area contributed by atoms with E-state index in [9.17, 15) is 22.8 Å². The Morgan fingerprint density at radius 1 is 1.38 bits per heavy atom. The number of carbonyl (C=O) groups is 2. The van der Waals surface area contributed by atoms with Gasteiger partial charge in [0.25, 0.3) is 5.91 Å². The van der Waals surface area contributed by atoms with Gasteiger partial charge in [0.2, 0.25) is 0 Å². The summed E-state index contributed by atoms with van der Waals surface area (Å²) in [6.45, 7) is 1.53. The summed E-state index contributed by atoms with van der Waals surface area (Å²) in [7, 11) is 0. The van der Waals surface area contributed by atoms with Gasteiger partial charge in [0, 0.05) is 17.0 Å². The Balaban J connectivity index is 2.16. The van der Waals surface area contributed by atoms with E-state index < -0.39 is 29.7 Å². The fourth-order valence-electron chi connectivity index (χ4n) is 1.95. The van der Waals surface area contributed by atoms with Gasteiger partial charge in [-0.15, -0.1) is 11.3 Å². The summed E-state index contributed by atoms with van der Waals surface area (Å²) in [5.41, 5.74) is -0.506. The summed E-state index contributed by atoms with van der Waals surface area (Å²) in [6, 6.07) is 4.08. The Morgan fingerprint density at radius 2 is 2.08 bits per heavy atom. The van der Waals surface area contributed by atoms with Crippen molar-refractivity contribution >= 4 is 23.2 Å². The summed E-state index contributed by atoms with van der Waals surface area (Å²) in [5.74, 6) is -1.62. The third kappa shape index (κ3) is 4.54. The van der Waals surface area contributed by atoms with Crippen molar-refractivity contribution in [1.82, 2.24) is 10.3 Å². The van der Waals surface area contributed by atoms with Crippen LogP contribution in [0.25, 0.3) is 10.6 Å². The van der Waals surface area contributed by atoms with Crippen LogP contribution in [0.2, 0.25) is 0 Å². The Labute approximate surface area is 139 Å². The number of carboxylic acid groups (broad SMARTS) is 1. The molecule has 0 saturated carbocycles. The minimum Gasteiger partial charge on any atom is -0.481 e. The average molecular weight is 358 g/mol. The van der Waals surface area contributed by atoms with Crippen molar-refractivity contribution in [3.8, 4) is 10.6 Å². The number of thiazole rings is 1. The summed E-state index contributed by atoms with van der Waals surface area (Å²) in [4.78, 5) is 26.6. The molecule has 0 aliphatic heterocycles. The van der Waals surface area contributed by atoms with Crippen LogP contribution in [0, 0.1) is 0 Å². The predicted octanol–water partition coefficient (Wildman–Crippen LogP) is 3.42. The highest BCUT2D eigenvalue weighted by Crippen LogP contribution is 2.33. The maximum Gasteiger partial charge on any atom is 0.416 e. The number of carbonyl (C=O) groups excluding carboxylic acids is 1. The quantitative estimate of drug-likeness (QED) is 0.858. The second-order valence-electron chi connectivity index (χ2n) is 5.09. The molecule has 1 unspecified atom stereocenters. The molecule has 2 rings (SSSR count). The molecule has 1 aromatic heterocycles. The van der Waals surface area contributed by atoms with E-state index in [2.05, 4.69) is 10.3 Å². The molecule has 128 valence electrons. The molecule has 0 aliphatic carbocycles. The average Bonchev–Trinajstić information content (AvgIpc) is 2.95. The van der Waals surface area contributed by atoms with Crippen LogP contribution in [0.5, 0.6) is 0 Å². The van der Waals surface area contributed by atoms with E-state index in [1.165, 1.54) is 24.4 Å². The number of aliphatic carboxylic acids is 1. The van der Waals surface area contributed by atoms with Crippen LogP contribution in [-0.2, 0) is 11.0 Å². The first-order valence-electron chi connectivity index (χ1n) is 6.82. The largest absolute Gasteiger partial charge is 0.481 e. The molecule has 0 bridgehead atoms. The lowest BCUT2D eigenvalue weighted by molar-refractivity contribution is -0.138. The van der Waals surface area contributed by atoms with Crippen LogP contribution in [0.1, 0.15) is 29.4 Å². The van der Waals surface area contributed by atoms with Gasteiger partial charge < -0.3 is 10.4 Å². The van der Waals surface area contributed by atoms with Crippen molar-refractivity contribution in [3.63, 3.8) is 0 Å². The number of rotatable bonds is 5. The molecule has 0 fully saturated rings. The molecular weight excluding hydrogens is 345 g/mol. The van der Waals surface area contributed by atoms with E-state index in [0.717, 1.165) is 23.5 Å². The van der Waals surface area contributed by atoms with E-state index >= 15 is 0 Å². The number of amides is 1. The lowest BCUT2D eigenvalue weighted by Crippen LogP contribution is -2.34. The van der Waals surface area contributed by atoms with Gasteiger partial charge in [-0.2, -0.15) is 13.2 Å². The lowest BCUT2D eigenvalue weighted by Gasteiger charge is -2.09. The van der Waals surface area contributed by atoms with Crippen molar-refractivity contribution < 1.29 is 27.9 Å². The summed E-state index contributed by atoms with van der Waals surface area (Å²) >= 11 is 1.04. The van der Waals surface area contributed by atoms with Gasteiger partial charge in [-0.05, 0) is 19.1 Å². The summed E-state index contributed by atoms with van der Waals surface area (Å²) < 4.78 is 38.2. The van der Waals surface area contributed by atoms with Crippen molar-refractivity contribution in [2.45, 2.75) is 25.6 Å². The number of halogens is 3. The summed E-state index contributed by atoms with van der Waals surface area (Å²) in [5, 5.41) is 12.8. The highest BCUT2D eigenvalue weighted by atomic mass is 32.1. The minimum atomic E-state index is -4.46. The third-order valence-electron chi connectivity index (χ3n) is 3.03. The number of aromatic nitrogens is 1. The zero-order valence-electron chi connectivity index (χ0n) is 12.4. The van der Waals surface area contributed by atoms with E-state index in [0.29, 0.717) is 0 Å². The number of carboxylic acids is 1. The topological polar surface area (TPSA) is 79.3 Å². The first kappa shape index (κ1) is 17.9. The van der Waals surface area contributed by atoms with E-state index in [1.807, 2.05) is 0 Å². The molecule has 24 heavy (non-hydrogen) atoms. The molecule has 0 spiro atoms. The number of nitrogens with one attached hydrogen (secondary N) is 1. The smallest absolute Gasteiger partial charge is 0.416 e. The van der Waals surface area contributed by atoms with E-state index in [-0.39, 0.29) is 22.7 Å². The Hall–Kier alpha value is -2.42. The molecule has 0 radical (unpaired) electrons. The van der Waals surface area contributed by atoms with E-state index in [1.54, 1.807) is 0 Å². The Kier molecular flexibility index (Phi) is 5.23. The molecule has 2 aromatic rings. The van der Waals surface area contributed by atoms with Crippen molar-refractivity contribution in [1.29, 1.82) is 0 Å². The van der Waals surface area contributed by atoms with Crippen LogP contribution in [0.3, 0.4) is 0 Å². The number of hydrogen-bond donors (Lipinski definition) is 2. The molecule has 9 heteroatoms. The Morgan fingerprint density at radius 3 is 2.71 bits per heavy atom. The van der Waals surface area contributed by atoms with Crippen molar-refractivity contribution in [2.24, 2.45) is 0 Å². The fourth-order valence-corrected chi connectivity index (χ4v) is 2.75. The number of alkyl halides is 3. The van der Waals surface area contributed by atoms with Gasteiger partial charge in [0.15, 0.2) is 0 Å². The standard InChI is InChI=1S/C15H13F3N2O3S/c1-8(5-12(21)22)19-13(23)11-7-24-14(20-11)9-3-2-4-10(6-9)15(16,17)18/h2-4,6-8H,5H2,1H3,(H,19,23)(H,21,22). The second kappa shape index (κ2) is 7.00. The molecule has 5 nitrogen and oxygen atoms in total. The Bertz CT molecular complexity index is 758. The first-order chi connectivity index (χ1) is 11.2. The molecule has 1 aromatic carbocycles. The van der Waals surface area contributed by atoms with Crippen LogP contribution in [0.15, 0.2) is 29.6 Å². The van der Waals surface area contributed by atoms with Crippen LogP contribution in [0.4, 0.5) is 13.2 Å². The highest BCUT2D eigenvalue weighted by molar-refractivity contribution is 7.13. The van der Waals surface area contributed by atoms with Gasteiger partial charge in [0.1, 0.15) is 10.7 Å². The SMILES string of the molecule is CC(CC(=O)O)NC(=O)c1csc(-c2cccc(C(F)(F)F)c2)n1. The molecule has 2 N–H and O–H groups in total. The van der Waals surface area contributed by atoms with Crippen LogP contribution < -0.4 is 5.32 Å². The number of benzene rings is 1. The minimum absolute atomic E-state index is 0.0321. The number of hydrogen-bond acceptors (Lipinski definition) is 4. The zero-order chi connectivity index (χ0) is 17.9. The molecule has 0 aliphatic rings. The van der Waals surface area contributed by atoms with Gasteiger partial charge in [-0.1, -0.05) is 12.1 Å². The molecule has 1 heterocycles. The van der Waals surface area contributed by atoms with Crippen LogP contribution >= 0.6 is 11.3 Å². The number of nitrogens with zero attached hydrogens (tertiary/aromatic N) is 1. The summed E-state index contributed by atoms with van der Waals surface area (Å²) in [6.07, 6.45) is -4.70. The van der Waals surface area contributed by atoms with Gasteiger partial charge >= 0.3 is 12.1 Å². The first-order valence-corrected chi connectivity index (χ1v) is 7.70. The van der Waals surface area contributed by atoms with Crippen molar-refractivity contribution in [3.05, 3.63) is 40.9 Å². The fraction of sp³-hybridized carbons (Fsp3) is 0.267. The maximum atomic E-state index is 12.7.